The molecule has 0 aliphatic heterocycles. The van der Waals surface area contributed by atoms with Crippen LogP contribution in [0, 0.1) is 0 Å². The van der Waals surface area contributed by atoms with Crippen molar-refractivity contribution in [2.45, 2.75) is 4.90 Å². The van der Waals surface area contributed by atoms with Crippen molar-refractivity contribution < 1.29 is 4.74 Å². The van der Waals surface area contributed by atoms with Crippen molar-refractivity contribution in [1.29, 1.82) is 0 Å². The maximum absolute atomic E-state index is 6.22. The zero-order valence-corrected chi connectivity index (χ0v) is 12.4. The number of nitrogens with zero attached hydrogens (tertiary/aromatic N) is 1. The Hall–Kier alpha value is -1.71. The Balaban J connectivity index is 1.94. The van der Waals surface area contributed by atoms with Crippen LogP contribution in [0.2, 0.25) is 5.02 Å². The standard InChI is InChI=1S/C16H12ClNOS/c1-20-13-8-6-12(7-9-13)19-16-14(17)10-11-4-2-3-5-15(11)18-16/h2-10H,1H3. The van der Waals surface area contributed by atoms with Gasteiger partial charge in [0, 0.05) is 10.3 Å². The molecule has 0 amide bonds. The molecule has 2 aromatic carbocycles. The number of benzene rings is 2. The summed E-state index contributed by atoms with van der Waals surface area (Å²) in [6.45, 7) is 0. The first-order valence-electron chi connectivity index (χ1n) is 6.13. The molecule has 0 aliphatic rings. The van der Waals surface area contributed by atoms with E-state index in [-0.39, 0.29) is 0 Å². The Morgan fingerprint density at radius 3 is 2.55 bits per heavy atom. The maximum Gasteiger partial charge on any atom is 0.238 e. The number of ether oxygens (including phenoxy) is 1. The number of thioether (sulfide) groups is 1. The third-order valence-electron chi connectivity index (χ3n) is 2.92. The largest absolute Gasteiger partial charge is 0.438 e. The van der Waals surface area contributed by atoms with E-state index in [1.54, 1.807) is 11.8 Å². The molecule has 0 atom stereocenters. The van der Waals surface area contributed by atoms with E-state index in [0.717, 1.165) is 16.7 Å². The van der Waals surface area contributed by atoms with Crippen molar-refractivity contribution in [2.24, 2.45) is 0 Å². The second-order valence-electron chi connectivity index (χ2n) is 4.25. The van der Waals surface area contributed by atoms with Gasteiger partial charge in [-0.05, 0) is 42.7 Å². The van der Waals surface area contributed by atoms with E-state index in [0.29, 0.717) is 10.9 Å². The molecule has 0 radical (unpaired) electrons. The molecular weight excluding hydrogens is 290 g/mol. The van der Waals surface area contributed by atoms with Crippen LogP contribution in [0.1, 0.15) is 0 Å². The third-order valence-corrected chi connectivity index (χ3v) is 3.93. The average Bonchev–Trinajstić information content (AvgIpc) is 2.49. The zero-order chi connectivity index (χ0) is 13.9. The highest BCUT2D eigenvalue weighted by Gasteiger charge is 2.07. The Labute approximate surface area is 126 Å². The highest BCUT2D eigenvalue weighted by Crippen LogP contribution is 2.31. The molecule has 0 N–H and O–H groups in total. The summed E-state index contributed by atoms with van der Waals surface area (Å²) in [6.07, 6.45) is 2.04. The van der Waals surface area contributed by atoms with Crippen molar-refractivity contribution in [1.82, 2.24) is 4.98 Å². The van der Waals surface area contributed by atoms with Gasteiger partial charge in [0.05, 0.1) is 5.52 Å². The Bertz CT molecular complexity index is 743. The van der Waals surface area contributed by atoms with Crippen LogP contribution in [-0.4, -0.2) is 11.2 Å². The predicted molar refractivity (Wildman–Crippen MR) is 85.1 cm³/mol. The molecule has 3 aromatic rings. The molecule has 0 fully saturated rings. The lowest BCUT2D eigenvalue weighted by atomic mass is 10.2. The Morgan fingerprint density at radius 2 is 1.80 bits per heavy atom. The van der Waals surface area contributed by atoms with E-state index >= 15 is 0 Å². The van der Waals surface area contributed by atoms with E-state index in [2.05, 4.69) is 4.98 Å². The van der Waals surface area contributed by atoms with E-state index in [9.17, 15) is 0 Å². The third kappa shape index (κ3) is 2.74. The number of para-hydroxylation sites is 1. The fourth-order valence-corrected chi connectivity index (χ4v) is 2.51. The van der Waals surface area contributed by atoms with Gasteiger partial charge in [0.15, 0.2) is 0 Å². The van der Waals surface area contributed by atoms with Crippen LogP contribution >= 0.6 is 23.4 Å². The molecule has 100 valence electrons. The van der Waals surface area contributed by atoms with Crippen molar-refractivity contribution in [3.63, 3.8) is 0 Å². The molecule has 3 rings (SSSR count). The minimum Gasteiger partial charge on any atom is -0.438 e. The van der Waals surface area contributed by atoms with E-state index in [1.165, 1.54) is 4.90 Å². The Morgan fingerprint density at radius 1 is 1.05 bits per heavy atom. The molecule has 20 heavy (non-hydrogen) atoms. The summed E-state index contributed by atoms with van der Waals surface area (Å²) < 4.78 is 5.76. The van der Waals surface area contributed by atoms with Gasteiger partial charge >= 0.3 is 0 Å². The van der Waals surface area contributed by atoms with Gasteiger partial charge in [0.25, 0.3) is 0 Å². The topological polar surface area (TPSA) is 22.1 Å². The second-order valence-corrected chi connectivity index (χ2v) is 5.53. The van der Waals surface area contributed by atoms with Crippen molar-refractivity contribution in [3.05, 3.63) is 59.6 Å². The summed E-state index contributed by atoms with van der Waals surface area (Å²) in [5, 5.41) is 1.51. The number of fused-ring (bicyclic) bond motifs is 1. The summed E-state index contributed by atoms with van der Waals surface area (Å²) in [7, 11) is 0. The highest BCUT2D eigenvalue weighted by atomic mass is 35.5. The minimum atomic E-state index is 0.433. The molecule has 2 nitrogen and oxygen atoms in total. The molecule has 1 heterocycles. The lowest BCUT2D eigenvalue weighted by molar-refractivity contribution is 0.465. The van der Waals surface area contributed by atoms with Gasteiger partial charge in [-0.3, -0.25) is 0 Å². The summed E-state index contributed by atoms with van der Waals surface area (Å²) in [6, 6.07) is 17.5. The maximum atomic E-state index is 6.22. The summed E-state index contributed by atoms with van der Waals surface area (Å²) >= 11 is 7.91. The summed E-state index contributed by atoms with van der Waals surface area (Å²) in [5.41, 5.74) is 0.868. The number of pyridine rings is 1. The van der Waals surface area contributed by atoms with Gasteiger partial charge in [-0.2, -0.15) is 0 Å². The van der Waals surface area contributed by atoms with Gasteiger partial charge in [-0.25, -0.2) is 4.98 Å². The SMILES string of the molecule is CSc1ccc(Oc2nc3ccccc3cc2Cl)cc1. The average molecular weight is 302 g/mol. The van der Waals surface area contributed by atoms with Gasteiger partial charge in [0.2, 0.25) is 5.88 Å². The smallest absolute Gasteiger partial charge is 0.238 e. The van der Waals surface area contributed by atoms with E-state index in [4.69, 9.17) is 16.3 Å². The number of aromatic nitrogens is 1. The number of hydrogen-bond donors (Lipinski definition) is 0. The molecule has 0 saturated heterocycles. The number of hydrogen-bond acceptors (Lipinski definition) is 3. The first-order valence-corrected chi connectivity index (χ1v) is 7.74. The molecular formula is C16H12ClNOS. The molecule has 1 aromatic heterocycles. The monoisotopic (exact) mass is 301 g/mol. The van der Waals surface area contributed by atoms with Crippen LogP contribution in [0.5, 0.6) is 11.6 Å². The first-order chi connectivity index (χ1) is 9.76. The van der Waals surface area contributed by atoms with Crippen molar-refractivity contribution in [2.75, 3.05) is 6.26 Å². The van der Waals surface area contributed by atoms with Gasteiger partial charge in [-0.15, -0.1) is 11.8 Å². The number of halogens is 1. The predicted octanol–water partition coefficient (Wildman–Crippen LogP) is 5.40. The normalized spacial score (nSPS) is 10.7. The summed E-state index contributed by atoms with van der Waals surface area (Å²) in [5.74, 6) is 1.16. The van der Waals surface area contributed by atoms with Crippen molar-refractivity contribution in [3.8, 4) is 11.6 Å². The van der Waals surface area contributed by atoms with Crippen LogP contribution in [0.15, 0.2) is 59.5 Å². The fourth-order valence-electron chi connectivity index (χ4n) is 1.90. The van der Waals surface area contributed by atoms with Crippen LogP contribution in [0.25, 0.3) is 10.9 Å². The minimum absolute atomic E-state index is 0.433. The van der Waals surface area contributed by atoms with Crippen molar-refractivity contribution >= 4 is 34.3 Å². The van der Waals surface area contributed by atoms with Crippen LogP contribution in [-0.2, 0) is 0 Å². The van der Waals surface area contributed by atoms with E-state index in [1.807, 2.05) is 60.9 Å². The fraction of sp³-hybridized carbons (Fsp3) is 0.0625. The molecule has 0 aliphatic carbocycles. The van der Waals surface area contributed by atoms with E-state index < -0.39 is 0 Å². The highest BCUT2D eigenvalue weighted by molar-refractivity contribution is 7.98. The van der Waals surface area contributed by atoms with Gasteiger partial charge < -0.3 is 4.74 Å². The lowest BCUT2D eigenvalue weighted by Crippen LogP contribution is -1.90. The molecule has 4 heteroatoms. The van der Waals surface area contributed by atoms with Crippen LogP contribution in [0.3, 0.4) is 0 Å². The quantitative estimate of drug-likeness (QED) is 0.604. The second kappa shape index (κ2) is 5.73. The summed E-state index contributed by atoms with van der Waals surface area (Å²) in [4.78, 5) is 5.64. The number of rotatable bonds is 3. The molecule has 0 saturated carbocycles. The molecule has 0 spiro atoms. The first kappa shape index (κ1) is 13.3. The Kier molecular flexibility index (Phi) is 3.81. The van der Waals surface area contributed by atoms with Crippen LogP contribution in [0.4, 0.5) is 0 Å². The molecule has 0 bridgehead atoms. The van der Waals surface area contributed by atoms with Crippen LogP contribution < -0.4 is 4.74 Å². The van der Waals surface area contributed by atoms with Gasteiger partial charge in [0.1, 0.15) is 10.8 Å². The van der Waals surface area contributed by atoms with Gasteiger partial charge in [-0.1, -0.05) is 29.8 Å². The molecule has 0 unspecified atom stereocenters. The lowest BCUT2D eigenvalue weighted by Gasteiger charge is -2.08. The zero-order valence-electron chi connectivity index (χ0n) is 10.8.